The minimum absolute atomic E-state index is 0.219. The quantitative estimate of drug-likeness (QED) is 0.786. The molecule has 2 aromatic rings. The summed E-state index contributed by atoms with van der Waals surface area (Å²) in [5, 5.41) is 11.0. The van der Waals surface area contributed by atoms with Gasteiger partial charge in [-0.1, -0.05) is 0 Å². The number of nitrogens with one attached hydrogen (secondary N) is 1. The fourth-order valence-corrected chi connectivity index (χ4v) is 2.69. The summed E-state index contributed by atoms with van der Waals surface area (Å²) in [6.45, 7) is 0.233. The molecule has 1 aliphatic rings. The fraction of sp³-hybridized carbons (Fsp3) is 0.294. The molecule has 132 valence electrons. The Morgan fingerprint density at radius 2 is 1.92 bits per heavy atom. The number of hydrogen-bond donors (Lipinski definition) is 2. The Labute approximate surface area is 142 Å². The van der Waals surface area contributed by atoms with Crippen LogP contribution in [0, 0.1) is 5.82 Å². The van der Waals surface area contributed by atoms with Gasteiger partial charge in [0, 0.05) is 35.8 Å². The lowest BCUT2D eigenvalue weighted by Crippen LogP contribution is -2.48. The summed E-state index contributed by atoms with van der Waals surface area (Å²) in [5.74, 6) is -4.40. The molecule has 1 aromatic carbocycles. The minimum Gasteiger partial charge on any atom is -0.394 e. The summed E-state index contributed by atoms with van der Waals surface area (Å²) in [6.07, 6.45) is 4.13. The van der Waals surface area contributed by atoms with Crippen LogP contribution in [0.2, 0.25) is 0 Å². The van der Waals surface area contributed by atoms with Crippen LogP contribution in [0.25, 0.3) is 10.9 Å². The number of cyclic esters (lactones) is 2. The fourth-order valence-electron chi connectivity index (χ4n) is 2.69. The van der Waals surface area contributed by atoms with Crippen molar-refractivity contribution in [1.29, 1.82) is 0 Å². The predicted molar refractivity (Wildman–Crippen MR) is 85.7 cm³/mol. The Balaban J connectivity index is 1.64. The van der Waals surface area contributed by atoms with Crippen molar-refractivity contribution >= 4 is 22.8 Å². The van der Waals surface area contributed by atoms with E-state index in [2.05, 4.69) is 4.98 Å². The molecule has 2 N–H and O–H groups in total. The Morgan fingerprint density at radius 1 is 1.24 bits per heavy atom. The first-order chi connectivity index (χ1) is 11.8. The molecule has 1 aromatic heterocycles. The van der Waals surface area contributed by atoms with Gasteiger partial charge in [0.05, 0.1) is 0 Å². The van der Waals surface area contributed by atoms with E-state index in [4.69, 9.17) is 9.47 Å². The zero-order chi connectivity index (χ0) is 18.0. The zero-order valence-electron chi connectivity index (χ0n) is 13.5. The maximum absolute atomic E-state index is 13.4. The predicted octanol–water partition coefficient (Wildman–Crippen LogP) is 1.08. The summed E-state index contributed by atoms with van der Waals surface area (Å²) in [4.78, 5) is 27.5. The number of benzene rings is 1. The summed E-state index contributed by atoms with van der Waals surface area (Å²) < 4.78 is 22.9. The number of esters is 2. The standard InChI is InChI=1S/C17H17FN2O5/c1-20(10-17(23)24-15(21)4-5-16(22)25-17)7-6-11-9-19-14-3-2-12(18)8-13(11)14/h2-5,8-9,19,23H,6-7,10H2,1H3. The van der Waals surface area contributed by atoms with Crippen molar-refractivity contribution in [3.05, 3.63) is 47.9 Å². The normalized spacial score (nSPS) is 16.8. The van der Waals surface area contributed by atoms with E-state index in [0.717, 1.165) is 28.6 Å². The second-order valence-corrected chi connectivity index (χ2v) is 5.88. The van der Waals surface area contributed by atoms with Gasteiger partial charge in [-0.2, -0.15) is 0 Å². The second kappa shape index (κ2) is 6.66. The Bertz CT molecular complexity index is 825. The van der Waals surface area contributed by atoms with Crippen LogP contribution in [0.5, 0.6) is 0 Å². The number of aromatic amines is 1. The first-order valence-electron chi connectivity index (χ1n) is 7.65. The number of hydrogen-bond acceptors (Lipinski definition) is 6. The number of carbonyl (C=O) groups excluding carboxylic acids is 2. The van der Waals surface area contributed by atoms with Gasteiger partial charge in [-0.15, -0.1) is 0 Å². The SMILES string of the molecule is CN(CCc1c[nH]c2ccc(F)cc12)CC1(O)OC(=O)C=CC(=O)O1. The molecule has 3 rings (SSSR count). The van der Waals surface area contributed by atoms with Crippen LogP contribution in [0.15, 0.2) is 36.5 Å². The van der Waals surface area contributed by atoms with E-state index >= 15 is 0 Å². The average Bonchev–Trinajstić information content (AvgIpc) is 2.86. The smallest absolute Gasteiger partial charge is 0.387 e. The van der Waals surface area contributed by atoms with Gasteiger partial charge in [-0.05, 0) is 37.2 Å². The van der Waals surface area contributed by atoms with E-state index in [9.17, 15) is 19.1 Å². The van der Waals surface area contributed by atoms with Gasteiger partial charge in [0.2, 0.25) is 0 Å². The Morgan fingerprint density at radius 3 is 2.60 bits per heavy atom. The van der Waals surface area contributed by atoms with Crippen LogP contribution in [0.4, 0.5) is 4.39 Å². The van der Waals surface area contributed by atoms with E-state index in [-0.39, 0.29) is 12.4 Å². The average molecular weight is 348 g/mol. The monoisotopic (exact) mass is 348 g/mol. The van der Waals surface area contributed by atoms with Crippen LogP contribution in [-0.4, -0.2) is 53.0 Å². The van der Waals surface area contributed by atoms with Crippen LogP contribution >= 0.6 is 0 Å². The number of H-pyrrole nitrogens is 1. The van der Waals surface area contributed by atoms with Crippen LogP contribution in [0.3, 0.4) is 0 Å². The number of likely N-dealkylation sites (N-methyl/N-ethyl adjacent to an activating group) is 1. The molecule has 2 heterocycles. The minimum atomic E-state index is -2.35. The molecule has 0 amide bonds. The molecule has 7 nitrogen and oxygen atoms in total. The number of ether oxygens (including phenoxy) is 2. The highest BCUT2D eigenvalue weighted by Crippen LogP contribution is 2.21. The number of nitrogens with zero attached hydrogens (tertiary/aromatic N) is 1. The molecular weight excluding hydrogens is 331 g/mol. The zero-order valence-corrected chi connectivity index (χ0v) is 13.5. The molecule has 8 heteroatoms. The first-order valence-corrected chi connectivity index (χ1v) is 7.65. The van der Waals surface area contributed by atoms with Gasteiger partial charge in [0.25, 0.3) is 0 Å². The molecule has 0 fully saturated rings. The summed E-state index contributed by atoms with van der Waals surface area (Å²) >= 11 is 0. The topological polar surface area (TPSA) is 91.9 Å². The van der Waals surface area contributed by atoms with Gasteiger partial charge in [0.1, 0.15) is 12.4 Å². The van der Waals surface area contributed by atoms with E-state index in [1.165, 1.54) is 12.1 Å². The van der Waals surface area contributed by atoms with Gasteiger partial charge in [0.15, 0.2) is 0 Å². The molecule has 0 saturated heterocycles. The highest BCUT2D eigenvalue weighted by molar-refractivity contribution is 5.93. The number of fused-ring (bicyclic) bond motifs is 1. The van der Waals surface area contributed by atoms with Crippen molar-refractivity contribution in [1.82, 2.24) is 9.88 Å². The number of carbonyl (C=O) groups is 2. The van der Waals surface area contributed by atoms with Crippen molar-refractivity contribution in [3.8, 4) is 0 Å². The molecule has 1 aliphatic heterocycles. The molecule has 0 radical (unpaired) electrons. The third-order valence-corrected chi connectivity index (χ3v) is 3.84. The van der Waals surface area contributed by atoms with Crippen molar-refractivity contribution in [2.45, 2.75) is 12.4 Å². The molecule has 0 atom stereocenters. The summed E-state index contributed by atoms with van der Waals surface area (Å²) in [5.41, 5.74) is 1.74. The second-order valence-electron chi connectivity index (χ2n) is 5.88. The van der Waals surface area contributed by atoms with Gasteiger partial charge < -0.3 is 19.6 Å². The van der Waals surface area contributed by atoms with Crippen molar-refractivity contribution < 1.29 is 28.6 Å². The van der Waals surface area contributed by atoms with Crippen molar-refractivity contribution in [2.75, 3.05) is 20.1 Å². The molecule has 0 spiro atoms. The van der Waals surface area contributed by atoms with Crippen LogP contribution in [-0.2, 0) is 25.5 Å². The van der Waals surface area contributed by atoms with Crippen molar-refractivity contribution in [3.63, 3.8) is 0 Å². The lowest BCUT2D eigenvalue weighted by molar-refractivity contribution is -0.323. The lowest BCUT2D eigenvalue weighted by Gasteiger charge is -2.29. The molecule has 0 aliphatic carbocycles. The van der Waals surface area contributed by atoms with E-state index in [0.29, 0.717) is 13.0 Å². The molecule has 0 unspecified atom stereocenters. The lowest BCUT2D eigenvalue weighted by atomic mass is 10.1. The summed E-state index contributed by atoms with van der Waals surface area (Å²) in [7, 11) is 1.67. The highest BCUT2D eigenvalue weighted by Gasteiger charge is 2.38. The largest absolute Gasteiger partial charge is 0.394 e. The Hall–Kier alpha value is -2.71. The third-order valence-electron chi connectivity index (χ3n) is 3.84. The van der Waals surface area contributed by atoms with E-state index in [1.54, 1.807) is 24.2 Å². The maximum atomic E-state index is 13.4. The summed E-state index contributed by atoms with van der Waals surface area (Å²) in [6, 6.07) is 4.50. The molecule has 0 saturated carbocycles. The number of aliphatic hydroxyl groups is 1. The highest BCUT2D eigenvalue weighted by atomic mass is 19.1. The van der Waals surface area contributed by atoms with Gasteiger partial charge >= 0.3 is 17.9 Å². The maximum Gasteiger partial charge on any atom is 0.387 e. The third kappa shape index (κ3) is 4.04. The number of halogens is 1. The van der Waals surface area contributed by atoms with Crippen molar-refractivity contribution in [2.24, 2.45) is 0 Å². The molecular formula is C17H17FN2O5. The molecule has 0 bridgehead atoms. The number of aromatic nitrogens is 1. The number of rotatable bonds is 5. The van der Waals surface area contributed by atoms with Gasteiger partial charge in [-0.3, -0.25) is 4.90 Å². The Kier molecular flexibility index (Phi) is 4.56. The van der Waals surface area contributed by atoms with Crippen LogP contribution in [0.1, 0.15) is 5.56 Å². The van der Waals surface area contributed by atoms with Crippen LogP contribution < -0.4 is 0 Å². The van der Waals surface area contributed by atoms with E-state index < -0.39 is 17.9 Å². The van der Waals surface area contributed by atoms with E-state index in [1.807, 2.05) is 0 Å². The van der Waals surface area contributed by atoms with Gasteiger partial charge in [-0.25, -0.2) is 14.0 Å². The molecule has 25 heavy (non-hydrogen) atoms. The first kappa shape index (κ1) is 17.1.